The maximum atomic E-state index is 14.2. The molecule has 1 saturated heterocycles. The monoisotopic (exact) mass is 410 g/mol. The molecule has 1 aliphatic carbocycles. The first-order valence-corrected chi connectivity index (χ1v) is 10.6. The highest BCUT2D eigenvalue weighted by Gasteiger charge is 2.42. The van der Waals surface area contributed by atoms with Gasteiger partial charge in [-0.2, -0.15) is 0 Å². The Hall–Kier alpha value is -1.73. The molecular formula is C22H32F2N2O3. The van der Waals surface area contributed by atoms with E-state index in [0.717, 1.165) is 36.9 Å². The fraction of sp³-hybridized carbons (Fsp3) is 0.682. The lowest BCUT2D eigenvalue weighted by molar-refractivity contribution is 0.0928. The first-order chi connectivity index (χ1) is 14.0. The molecule has 1 aromatic carbocycles. The number of nitrogens with one attached hydrogen (secondary N) is 1. The molecule has 0 aromatic heterocycles. The first kappa shape index (κ1) is 22.0. The van der Waals surface area contributed by atoms with E-state index < -0.39 is 23.1 Å². The van der Waals surface area contributed by atoms with Crippen LogP contribution in [0.15, 0.2) is 12.1 Å². The van der Waals surface area contributed by atoms with Gasteiger partial charge in [0.15, 0.2) is 0 Å². The maximum Gasteiger partial charge on any atom is 0.257 e. The second-order valence-corrected chi connectivity index (χ2v) is 8.08. The molecule has 0 bridgehead atoms. The molecule has 1 N–H and O–H groups in total. The number of carbonyl (C=O) groups excluding carboxylic acids is 1. The van der Waals surface area contributed by atoms with E-state index in [1.807, 2.05) is 0 Å². The van der Waals surface area contributed by atoms with Gasteiger partial charge in [-0.1, -0.05) is 6.92 Å². The summed E-state index contributed by atoms with van der Waals surface area (Å²) in [6.45, 7) is 6.64. The van der Waals surface area contributed by atoms with E-state index in [0.29, 0.717) is 12.5 Å². The van der Waals surface area contributed by atoms with Gasteiger partial charge in [-0.05, 0) is 63.1 Å². The Labute approximate surface area is 171 Å². The molecule has 0 spiro atoms. The number of hydrogen-bond donors (Lipinski definition) is 1. The van der Waals surface area contributed by atoms with E-state index >= 15 is 0 Å². The molecule has 5 nitrogen and oxygen atoms in total. The maximum absolute atomic E-state index is 14.2. The minimum absolute atomic E-state index is 0.127. The van der Waals surface area contributed by atoms with Crippen molar-refractivity contribution in [2.24, 2.45) is 17.8 Å². The molecular weight excluding hydrogens is 378 g/mol. The smallest absolute Gasteiger partial charge is 0.257 e. The zero-order chi connectivity index (χ0) is 20.8. The minimum Gasteiger partial charge on any atom is -0.493 e. The van der Waals surface area contributed by atoms with E-state index in [2.05, 4.69) is 17.1 Å². The van der Waals surface area contributed by atoms with Crippen LogP contribution in [0.4, 0.5) is 8.78 Å². The highest BCUT2D eigenvalue weighted by atomic mass is 19.1. The van der Waals surface area contributed by atoms with Gasteiger partial charge in [-0.25, -0.2) is 8.78 Å². The Morgan fingerprint density at radius 2 is 1.90 bits per heavy atom. The van der Waals surface area contributed by atoms with Gasteiger partial charge in [0.25, 0.3) is 5.91 Å². The fourth-order valence-corrected chi connectivity index (χ4v) is 4.41. The fourth-order valence-electron chi connectivity index (χ4n) is 4.41. The van der Waals surface area contributed by atoms with Crippen LogP contribution in [-0.4, -0.2) is 57.3 Å². The SMILES string of the molecule is CCN1CCC([C@H]2C[C@H]2CCOc2cc(F)c(C(=O)NCCOC)c(F)c2)CC1. The third-order valence-corrected chi connectivity index (χ3v) is 6.25. The number of nitrogens with zero attached hydrogens (tertiary/aromatic N) is 1. The molecule has 2 aliphatic rings. The molecule has 0 unspecified atom stereocenters. The van der Waals surface area contributed by atoms with Gasteiger partial charge in [-0.3, -0.25) is 4.79 Å². The average Bonchev–Trinajstić information content (AvgIpc) is 3.47. The van der Waals surface area contributed by atoms with Crippen molar-refractivity contribution in [1.82, 2.24) is 10.2 Å². The minimum atomic E-state index is -0.915. The summed E-state index contributed by atoms with van der Waals surface area (Å²) >= 11 is 0. The Balaban J connectivity index is 1.43. The molecule has 2 fully saturated rings. The first-order valence-electron chi connectivity index (χ1n) is 10.6. The number of benzene rings is 1. The average molecular weight is 411 g/mol. The molecule has 162 valence electrons. The lowest BCUT2D eigenvalue weighted by Crippen LogP contribution is -2.34. The summed E-state index contributed by atoms with van der Waals surface area (Å²) in [4.78, 5) is 14.4. The summed E-state index contributed by atoms with van der Waals surface area (Å²) in [5, 5.41) is 2.42. The molecule has 3 rings (SSSR count). The molecule has 1 aliphatic heterocycles. The second-order valence-electron chi connectivity index (χ2n) is 8.08. The van der Waals surface area contributed by atoms with Gasteiger partial charge in [-0.15, -0.1) is 0 Å². The lowest BCUT2D eigenvalue weighted by Gasteiger charge is -2.31. The number of halogens is 2. The summed E-state index contributed by atoms with van der Waals surface area (Å²) in [6, 6.07) is 2.17. The summed E-state index contributed by atoms with van der Waals surface area (Å²) in [5.74, 6) is -0.240. The van der Waals surface area contributed by atoms with Crippen molar-refractivity contribution < 1.29 is 23.0 Å². The van der Waals surface area contributed by atoms with E-state index in [1.54, 1.807) is 0 Å². The van der Waals surface area contributed by atoms with Crippen molar-refractivity contribution >= 4 is 5.91 Å². The quantitative estimate of drug-likeness (QED) is 0.600. The highest BCUT2D eigenvalue weighted by molar-refractivity contribution is 5.94. The zero-order valence-electron chi connectivity index (χ0n) is 17.4. The van der Waals surface area contributed by atoms with Crippen molar-refractivity contribution in [1.29, 1.82) is 0 Å². The summed E-state index contributed by atoms with van der Waals surface area (Å²) in [5.41, 5.74) is -0.589. The topological polar surface area (TPSA) is 50.8 Å². The Morgan fingerprint density at radius 1 is 1.21 bits per heavy atom. The van der Waals surface area contributed by atoms with Crippen LogP contribution in [0.5, 0.6) is 5.75 Å². The van der Waals surface area contributed by atoms with Crippen LogP contribution in [0.2, 0.25) is 0 Å². The number of ether oxygens (including phenoxy) is 2. The van der Waals surface area contributed by atoms with Gasteiger partial charge in [0.05, 0.1) is 13.2 Å². The van der Waals surface area contributed by atoms with Crippen molar-refractivity contribution in [3.63, 3.8) is 0 Å². The van der Waals surface area contributed by atoms with Crippen molar-refractivity contribution in [2.75, 3.05) is 46.5 Å². The number of piperidine rings is 1. The van der Waals surface area contributed by atoms with Crippen LogP contribution < -0.4 is 10.1 Å². The Morgan fingerprint density at radius 3 is 2.52 bits per heavy atom. The van der Waals surface area contributed by atoms with Gasteiger partial charge < -0.3 is 19.7 Å². The Bertz CT molecular complexity index is 670. The summed E-state index contributed by atoms with van der Waals surface area (Å²) < 4.78 is 38.8. The van der Waals surface area contributed by atoms with Gasteiger partial charge >= 0.3 is 0 Å². The molecule has 1 saturated carbocycles. The van der Waals surface area contributed by atoms with Gasteiger partial charge in [0.1, 0.15) is 22.9 Å². The van der Waals surface area contributed by atoms with E-state index in [1.165, 1.54) is 39.5 Å². The van der Waals surface area contributed by atoms with Crippen LogP contribution in [0, 0.1) is 29.4 Å². The van der Waals surface area contributed by atoms with Crippen molar-refractivity contribution in [2.45, 2.75) is 32.6 Å². The molecule has 1 aromatic rings. The predicted molar refractivity (Wildman–Crippen MR) is 107 cm³/mol. The zero-order valence-corrected chi connectivity index (χ0v) is 17.4. The number of methoxy groups -OCH3 is 1. The van der Waals surface area contributed by atoms with Gasteiger partial charge in [0.2, 0.25) is 0 Å². The number of carbonyl (C=O) groups is 1. The third kappa shape index (κ3) is 5.89. The predicted octanol–water partition coefficient (Wildman–Crippen LogP) is 3.48. The van der Waals surface area contributed by atoms with E-state index in [-0.39, 0.29) is 18.9 Å². The number of rotatable bonds is 10. The molecule has 0 radical (unpaired) electrons. The lowest BCUT2D eigenvalue weighted by atomic mass is 9.90. The summed E-state index contributed by atoms with van der Waals surface area (Å²) in [7, 11) is 1.48. The molecule has 2 atom stereocenters. The second kappa shape index (κ2) is 10.3. The van der Waals surface area contributed by atoms with Crippen LogP contribution in [0.3, 0.4) is 0 Å². The van der Waals surface area contributed by atoms with Gasteiger partial charge in [0, 0.05) is 25.8 Å². The van der Waals surface area contributed by atoms with Crippen LogP contribution >= 0.6 is 0 Å². The van der Waals surface area contributed by atoms with E-state index in [9.17, 15) is 13.6 Å². The number of likely N-dealkylation sites (tertiary alicyclic amines) is 1. The molecule has 1 heterocycles. The Kier molecular flexibility index (Phi) is 7.84. The normalized spacial score (nSPS) is 22.5. The van der Waals surface area contributed by atoms with Crippen molar-refractivity contribution in [3.05, 3.63) is 29.3 Å². The molecule has 29 heavy (non-hydrogen) atoms. The van der Waals surface area contributed by atoms with Crippen molar-refractivity contribution in [3.8, 4) is 5.75 Å². The van der Waals surface area contributed by atoms with Crippen LogP contribution in [0.25, 0.3) is 0 Å². The number of hydrogen-bond acceptors (Lipinski definition) is 4. The summed E-state index contributed by atoms with van der Waals surface area (Å²) in [6.07, 6.45) is 4.70. The number of amides is 1. The van der Waals surface area contributed by atoms with E-state index in [4.69, 9.17) is 9.47 Å². The standard InChI is InChI=1S/C22H32F2N2O3/c1-3-26-8-4-15(5-9-26)18-12-16(18)6-10-29-17-13-19(23)21(20(24)14-17)22(27)25-7-11-28-2/h13-16,18H,3-12H2,1-2H3,(H,25,27)/t16-,18-/m1/s1. The largest absolute Gasteiger partial charge is 0.493 e. The third-order valence-electron chi connectivity index (χ3n) is 6.25. The van der Waals surface area contributed by atoms with Crippen LogP contribution in [0.1, 0.15) is 43.0 Å². The van der Waals surface area contributed by atoms with Crippen LogP contribution in [-0.2, 0) is 4.74 Å². The molecule has 7 heteroatoms. The molecule has 1 amide bonds. The highest BCUT2D eigenvalue weighted by Crippen LogP contribution is 2.49.